The minimum absolute atomic E-state index is 0.126. The zero-order valence-corrected chi connectivity index (χ0v) is 14.2. The number of hydrogen-bond donors (Lipinski definition) is 1. The molecule has 0 fully saturated rings. The highest BCUT2D eigenvalue weighted by atomic mass is 32.2. The molecule has 5 heteroatoms. The maximum atomic E-state index is 12.3. The molecule has 0 aliphatic carbocycles. The van der Waals surface area contributed by atoms with Gasteiger partial charge in [0.05, 0.1) is 28.0 Å². The molecule has 1 heterocycles. The maximum absolute atomic E-state index is 12.3. The van der Waals surface area contributed by atoms with E-state index in [0.717, 1.165) is 19.3 Å². The van der Waals surface area contributed by atoms with Gasteiger partial charge in [-0.2, -0.15) is 0 Å². The summed E-state index contributed by atoms with van der Waals surface area (Å²) in [4.78, 5) is 4.21. The first kappa shape index (κ1) is 16.9. The molecule has 22 heavy (non-hydrogen) atoms. The first-order chi connectivity index (χ1) is 10.5. The number of rotatable bonds is 7. The topological polar surface area (TPSA) is 55.1 Å². The van der Waals surface area contributed by atoms with Crippen LogP contribution in [0.15, 0.2) is 47.2 Å². The molecule has 0 bridgehead atoms. The predicted molar refractivity (Wildman–Crippen MR) is 89.7 cm³/mol. The standard InChI is InChI=1S/C17H24N2O2S/c1-17(2,3)22(20)19-15(16-18-12-13-21-16)11-7-10-14-8-5-4-6-9-14/h4-6,8-9,12-13,15,19H,7,10-11H2,1-3H3. The predicted octanol–water partition coefficient (Wildman–Crippen LogP) is 3.79. The lowest BCUT2D eigenvalue weighted by atomic mass is 10.1. The van der Waals surface area contributed by atoms with Crippen LogP contribution in [0, 0.1) is 0 Å². The lowest BCUT2D eigenvalue weighted by Crippen LogP contribution is -2.36. The van der Waals surface area contributed by atoms with Gasteiger partial charge in [-0.15, -0.1) is 0 Å². The molecule has 1 N–H and O–H groups in total. The Kier molecular flexibility index (Phi) is 5.91. The van der Waals surface area contributed by atoms with Gasteiger partial charge in [0.1, 0.15) is 6.26 Å². The zero-order chi connectivity index (χ0) is 16.0. The Morgan fingerprint density at radius 1 is 1.27 bits per heavy atom. The summed E-state index contributed by atoms with van der Waals surface area (Å²) in [6.07, 6.45) is 5.98. The van der Waals surface area contributed by atoms with Gasteiger partial charge in [-0.05, 0) is 45.6 Å². The van der Waals surface area contributed by atoms with Gasteiger partial charge in [-0.3, -0.25) is 0 Å². The van der Waals surface area contributed by atoms with E-state index in [-0.39, 0.29) is 10.8 Å². The van der Waals surface area contributed by atoms with Gasteiger partial charge in [0.2, 0.25) is 5.89 Å². The van der Waals surface area contributed by atoms with Gasteiger partial charge in [-0.1, -0.05) is 30.3 Å². The highest BCUT2D eigenvalue weighted by Gasteiger charge is 2.25. The molecule has 0 aliphatic rings. The molecule has 2 unspecified atom stereocenters. The Labute approximate surface area is 134 Å². The Morgan fingerprint density at radius 3 is 2.59 bits per heavy atom. The number of aromatic nitrogens is 1. The Hall–Kier alpha value is -1.46. The van der Waals surface area contributed by atoms with Gasteiger partial charge < -0.3 is 4.42 Å². The minimum Gasteiger partial charge on any atom is -0.447 e. The van der Waals surface area contributed by atoms with Crippen molar-refractivity contribution in [1.29, 1.82) is 0 Å². The smallest absolute Gasteiger partial charge is 0.212 e. The second-order valence-electron chi connectivity index (χ2n) is 6.30. The van der Waals surface area contributed by atoms with E-state index >= 15 is 0 Å². The minimum atomic E-state index is -1.15. The third kappa shape index (κ3) is 5.07. The molecule has 1 aromatic heterocycles. The molecule has 0 saturated heterocycles. The third-order valence-electron chi connectivity index (χ3n) is 3.36. The normalized spacial score (nSPS) is 14.7. The van der Waals surface area contributed by atoms with Crippen LogP contribution < -0.4 is 4.72 Å². The average Bonchev–Trinajstić information content (AvgIpc) is 3.00. The molecule has 2 aromatic rings. The molecular formula is C17H24N2O2S. The van der Waals surface area contributed by atoms with Gasteiger partial charge >= 0.3 is 0 Å². The van der Waals surface area contributed by atoms with Crippen LogP contribution in [0.5, 0.6) is 0 Å². The quantitative estimate of drug-likeness (QED) is 0.844. The molecule has 0 saturated carbocycles. The van der Waals surface area contributed by atoms with Crippen molar-refractivity contribution in [3.05, 3.63) is 54.2 Å². The van der Waals surface area contributed by atoms with Crippen LogP contribution in [0.25, 0.3) is 0 Å². The summed E-state index contributed by atoms with van der Waals surface area (Å²) in [5, 5.41) is 0. The summed E-state index contributed by atoms with van der Waals surface area (Å²) in [5.74, 6) is 0.602. The van der Waals surface area contributed by atoms with E-state index in [2.05, 4.69) is 21.8 Å². The van der Waals surface area contributed by atoms with Crippen molar-refractivity contribution in [3.8, 4) is 0 Å². The van der Waals surface area contributed by atoms with E-state index < -0.39 is 11.0 Å². The van der Waals surface area contributed by atoms with Crippen molar-refractivity contribution >= 4 is 11.0 Å². The second-order valence-corrected chi connectivity index (χ2v) is 8.30. The molecule has 120 valence electrons. The zero-order valence-electron chi connectivity index (χ0n) is 13.4. The lowest BCUT2D eigenvalue weighted by Gasteiger charge is -2.22. The van der Waals surface area contributed by atoms with Crippen molar-refractivity contribution in [1.82, 2.24) is 9.71 Å². The van der Waals surface area contributed by atoms with Crippen molar-refractivity contribution in [2.75, 3.05) is 0 Å². The van der Waals surface area contributed by atoms with E-state index in [1.807, 2.05) is 39.0 Å². The van der Waals surface area contributed by atoms with Crippen LogP contribution in [0.2, 0.25) is 0 Å². The summed E-state index contributed by atoms with van der Waals surface area (Å²) in [6.45, 7) is 5.85. The van der Waals surface area contributed by atoms with Gasteiger partial charge in [0.15, 0.2) is 0 Å². The molecule has 4 nitrogen and oxygen atoms in total. The lowest BCUT2D eigenvalue weighted by molar-refractivity contribution is 0.411. The summed E-state index contributed by atoms with van der Waals surface area (Å²) < 4.78 is 20.6. The van der Waals surface area contributed by atoms with Gasteiger partial charge in [0.25, 0.3) is 0 Å². The van der Waals surface area contributed by atoms with Crippen molar-refractivity contribution < 1.29 is 8.63 Å². The molecule has 1 aromatic carbocycles. The summed E-state index contributed by atoms with van der Waals surface area (Å²) >= 11 is 0. The van der Waals surface area contributed by atoms with Crippen molar-refractivity contribution in [2.45, 2.75) is 50.8 Å². The fraction of sp³-hybridized carbons (Fsp3) is 0.471. The first-order valence-corrected chi connectivity index (χ1v) is 8.73. The van der Waals surface area contributed by atoms with E-state index in [9.17, 15) is 4.21 Å². The van der Waals surface area contributed by atoms with Gasteiger partial charge in [0, 0.05) is 0 Å². The van der Waals surface area contributed by atoms with Crippen LogP contribution in [0.3, 0.4) is 0 Å². The van der Waals surface area contributed by atoms with Crippen LogP contribution in [-0.2, 0) is 17.4 Å². The Morgan fingerprint density at radius 2 is 2.00 bits per heavy atom. The summed E-state index contributed by atoms with van der Waals surface area (Å²) in [7, 11) is -1.15. The monoisotopic (exact) mass is 320 g/mol. The largest absolute Gasteiger partial charge is 0.447 e. The number of aryl methyl sites for hydroxylation is 1. The third-order valence-corrected chi connectivity index (χ3v) is 4.97. The van der Waals surface area contributed by atoms with Crippen molar-refractivity contribution in [2.24, 2.45) is 0 Å². The number of oxazole rings is 1. The highest BCUT2D eigenvalue weighted by Crippen LogP contribution is 2.21. The van der Waals surface area contributed by atoms with Crippen molar-refractivity contribution in [3.63, 3.8) is 0 Å². The molecule has 0 radical (unpaired) electrons. The van der Waals surface area contributed by atoms with E-state index in [0.29, 0.717) is 5.89 Å². The van der Waals surface area contributed by atoms with E-state index in [4.69, 9.17) is 4.42 Å². The molecular weight excluding hydrogens is 296 g/mol. The summed E-state index contributed by atoms with van der Waals surface area (Å²) in [6, 6.07) is 10.2. The fourth-order valence-electron chi connectivity index (χ4n) is 2.10. The SMILES string of the molecule is CC(C)(C)S(=O)NC(CCCc1ccccc1)c1ncco1. The number of nitrogens with one attached hydrogen (secondary N) is 1. The van der Waals surface area contributed by atoms with Crippen LogP contribution in [0.4, 0.5) is 0 Å². The van der Waals surface area contributed by atoms with Gasteiger partial charge in [-0.25, -0.2) is 13.9 Å². The fourth-order valence-corrected chi connectivity index (χ4v) is 2.93. The molecule has 0 amide bonds. The average molecular weight is 320 g/mol. The number of nitrogens with zero attached hydrogens (tertiary/aromatic N) is 1. The first-order valence-electron chi connectivity index (χ1n) is 7.58. The van der Waals surface area contributed by atoms with E-state index in [1.54, 1.807) is 12.5 Å². The summed E-state index contributed by atoms with van der Waals surface area (Å²) in [5.41, 5.74) is 1.31. The molecule has 2 atom stereocenters. The Balaban J connectivity index is 1.95. The van der Waals surface area contributed by atoms with Crippen LogP contribution in [-0.4, -0.2) is 13.9 Å². The Bertz CT molecular complexity index is 576. The van der Waals surface area contributed by atoms with E-state index in [1.165, 1.54) is 5.56 Å². The molecule has 2 rings (SSSR count). The second kappa shape index (κ2) is 7.70. The molecule has 0 spiro atoms. The maximum Gasteiger partial charge on any atom is 0.212 e. The number of hydrogen-bond acceptors (Lipinski definition) is 3. The molecule has 0 aliphatic heterocycles. The number of benzene rings is 1. The van der Waals surface area contributed by atoms with Crippen LogP contribution in [0.1, 0.15) is 51.1 Å². The highest BCUT2D eigenvalue weighted by molar-refractivity contribution is 7.84. The van der Waals surface area contributed by atoms with Crippen LogP contribution >= 0.6 is 0 Å².